The van der Waals surface area contributed by atoms with Crippen LogP contribution in [0.2, 0.25) is 0 Å². The molecule has 2 aromatic rings. The summed E-state index contributed by atoms with van der Waals surface area (Å²) in [5.41, 5.74) is 3.57. The molecule has 21 heavy (non-hydrogen) atoms. The van der Waals surface area contributed by atoms with Crippen molar-refractivity contribution in [2.24, 2.45) is 0 Å². The molecule has 2 heterocycles. The first-order chi connectivity index (χ1) is 10.2. The third-order valence-corrected chi connectivity index (χ3v) is 3.87. The van der Waals surface area contributed by atoms with E-state index in [2.05, 4.69) is 15.9 Å². The summed E-state index contributed by atoms with van der Waals surface area (Å²) in [5.74, 6) is -0.381. The molecule has 1 atom stereocenters. The van der Waals surface area contributed by atoms with Crippen molar-refractivity contribution in [3.8, 4) is 0 Å². The summed E-state index contributed by atoms with van der Waals surface area (Å²) in [4.78, 5) is 15.6. The molecular weight excluding hydrogens is 268 g/mol. The van der Waals surface area contributed by atoms with E-state index in [4.69, 9.17) is 0 Å². The molecule has 3 rings (SSSR count). The fourth-order valence-corrected chi connectivity index (χ4v) is 2.76. The van der Waals surface area contributed by atoms with E-state index in [0.717, 1.165) is 30.5 Å². The molecule has 0 saturated heterocycles. The first kappa shape index (κ1) is 13.8. The van der Waals surface area contributed by atoms with Crippen LogP contribution in [0.25, 0.3) is 0 Å². The molecule has 0 spiro atoms. The molecule has 0 saturated carbocycles. The number of fused-ring (bicyclic) bond motifs is 1. The normalized spacial score (nSPS) is 17.3. The second kappa shape index (κ2) is 5.69. The molecule has 1 aliphatic rings. The number of aliphatic hydroxyl groups excluding tert-OH is 1. The summed E-state index contributed by atoms with van der Waals surface area (Å²) < 4.78 is 6.69. The van der Waals surface area contributed by atoms with Gasteiger partial charge in [0.15, 0.2) is 0 Å². The molecule has 1 aliphatic carbocycles. The van der Waals surface area contributed by atoms with Crippen LogP contribution in [0.3, 0.4) is 0 Å². The van der Waals surface area contributed by atoms with Gasteiger partial charge < -0.3 is 14.4 Å². The highest BCUT2D eigenvalue weighted by molar-refractivity contribution is 5.88. The minimum atomic E-state index is -0.381. The molecule has 110 valence electrons. The van der Waals surface area contributed by atoms with Crippen molar-refractivity contribution in [3.63, 3.8) is 0 Å². The van der Waals surface area contributed by atoms with Crippen molar-refractivity contribution >= 4 is 5.97 Å². The van der Waals surface area contributed by atoms with Gasteiger partial charge in [-0.15, -0.1) is 0 Å². The maximum atomic E-state index is 11.4. The Morgan fingerprint density at radius 2 is 2.33 bits per heavy atom. The fraction of sp³-hybridized carbons (Fsp3) is 0.375. The number of hydrogen-bond donors (Lipinski definition) is 1. The van der Waals surface area contributed by atoms with Crippen LogP contribution < -0.4 is 0 Å². The molecule has 5 heteroatoms. The SMILES string of the molecule is COC(=O)c1ccc(Cn2cc3c(c2)C(O)CCC3)nc1. The van der Waals surface area contributed by atoms with Crippen molar-refractivity contribution in [3.05, 3.63) is 53.1 Å². The van der Waals surface area contributed by atoms with Crippen LogP contribution in [-0.4, -0.2) is 27.7 Å². The van der Waals surface area contributed by atoms with Crippen molar-refractivity contribution in [1.29, 1.82) is 0 Å². The van der Waals surface area contributed by atoms with Crippen molar-refractivity contribution in [2.45, 2.75) is 31.9 Å². The van der Waals surface area contributed by atoms with Gasteiger partial charge in [-0.1, -0.05) is 0 Å². The summed E-state index contributed by atoms with van der Waals surface area (Å²) in [6.07, 6.45) is 8.15. The zero-order valence-electron chi connectivity index (χ0n) is 12.0. The predicted molar refractivity (Wildman–Crippen MR) is 77.0 cm³/mol. The van der Waals surface area contributed by atoms with E-state index < -0.39 is 0 Å². The molecule has 0 bridgehead atoms. The molecule has 0 aromatic carbocycles. The number of hydrogen-bond acceptors (Lipinski definition) is 4. The average molecular weight is 286 g/mol. The standard InChI is InChI=1S/C16H18N2O3/c1-21-16(20)11-5-6-13(17-7-11)9-18-8-12-3-2-4-15(19)14(12)10-18/h5-8,10,15,19H,2-4,9H2,1H3. The summed E-state index contributed by atoms with van der Waals surface area (Å²) >= 11 is 0. The Bertz CT molecular complexity index is 646. The lowest BCUT2D eigenvalue weighted by atomic mass is 9.93. The van der Waals surface area contributed by atoms with Crippen molar-refractivity contribution in [1.82, 2.24) is 9.55 Å². The first-order valence-electron chi connectivity index (χ1n) is 7.07. The lowest BCUT2D eigenvalue weighted by molar-refractivity contribution is 0.0600. The number of esters is 1. The number of aliphatic hydroxyl groups is 1. The van der Waals surface area contributed by atoms with Gasteiger partial charge in [0.2, 0.25) is 0 Å². The maximum absolute atomic E-state index is 11.4. The van der Waals surface area contributed by atoms with Gasteiger partial charge in [0, 0.05) is 24.2 Å². The van der Waals surface area contributed by atoms with Gasteiger partial charge in [0.1, 0.15) is 0 Å². The number of pyridine rings is 1. The van der Waals surface area contributed by atoms with Gasteiger partial charge in [-0.25, -0.2) is 4.79 Å². The van der Waals surface area contributed by atoms with E-state index in [9.17, 15) is 9.90 Å². The molecule has 1 N–H and O–H groups in total. The minimum absolute atomic E-state index is 0.343. The maximum Gasteiger partial charge on any atom is 0.339 e. The van der Waals surface area contributed by atoms with Crippen molar-refractivity contribution < 1.29 is 14.6 Å². The van der Waals surface area contributed by atoms with Gasteiger partial charge in [0.25, 0.3) is 0 Å². The highest BCUT2D eigenvalue weighted by atomic mass is 16.5. The van der Waals surface area contributed by atoms with E-state index in [1.807, 2.05) is 16.8 Å². The van der Waals surface area contributed by atoms with Crippen LogP contribution in [0.1, 0.15) is 46.1 Å². The van der Waals surface area contributed by atoms with E-state index in [0.29, 0.717) is 12.1 Å². The zero-order chi connectivity index (χ0) is 14.8. The van der Waals surface area contributed by atoms with Gasteiger partial charge in [0.05, 0.1) is 31.0 Å². The highest BCUT2D eigenvalue weighted by Crippen LogP contribution is 2.30. The summed E-state index contributed by atoms with van der Waals surface area (Å²) in [6, 6.07) is 3.54. The number of aryl methyl sites for hydroxylation is 1. The van der Waals surface area contributed by atoms with E-state index in [1.54, 1.807) is 6.07 Å². The lowest BCUT2D eigenvalue weighted by Gasteiger charge is -2.16. The van der Waals surface area contributed by atoms with Crippen LogP contribution in [0, 0.1) is 0 Å². The minimum Gasteiger partial charge on any atom is -0.465 e. The second-order valence-corrected chi connectivity index (χ2v) is 5.35. The Morgan fingerprint density at radius 1 is 1.48 bits per heavy atom. The number of aromatic nitrogens is 2. The molecule has 0 fully saturated rings. The second-order valence-electron chi connectivity index (χ2n) is 5.35. The summed E-state index contributed by atoms with van der Waals surface area (Å²) in [5, 5.41) is 9.99. The number of rotatable bonds is 3. The fourth-order valence-electron chi connectivity index (χ4n) is 2.76. The number of carbonyl (C=O) groups excluding carboxylic acids is 1. The Kier molecular flexibility index (Phi) is 3.75. The molecule has 0 radical (unpaired) electrons. The topological polar surface area (TPSA) is 64.3 Å². The van der Waals surface area contributed by atoms with Gasteiger partial charge in [-0.05, 0) is 37.0 Å². The van der Waals surface area contributed by atoms with Crippen molar-refractivity contribution in [2.75, 3.05) is 7.11 Å². The number of ether oxygens (including phenoxy) is 1. The molecule has 5 nitrogen and oxygen atoms in total. The van der Waals surface area contributed by atoms with Crippen LogP contribution in [0.5, 0.6) is 0 Å². The molecule has 2 aromatic heterocycles. The molecule has 0 aliphatic heterocycles. The van der Waals surface area contributed by atoms with E-state index >= 15 is 0 Å². The Morgan fingerprint density at radius 3 is 3.00 bits per heavy atom. The van der Waals surface area contributed by atoms with Gasteiger partial charge in [-0.3, -0.25) is 4.98 Å². The average Bonchev–Trinajstić information content (AvgIpc) is 2.91. The Balaban J connectivity index is 1.76. The summed E-state index contributed by atoms with van der Waals surface area (Å²) in [7, 11) is 1.35. The van der Waals surface area contributed by atoms with Gasteiger partial charge in [-0.2, -0.15) is 0 Å². The Hall–Kier alpha value is -2.14. The first-order valence-corrected chi connectivity index (χ1v) is 7.07. The Labute approximate surface area is 123 Å². The van der Waals surface area contributed by atoms with E-state index in [1.165, 1.54) is 18.9 Å². The molecular formula is C16H18N2O3. The van der Waals surface area contributed by atoms with Crippen LogP contribution >= 0.6 is 0 Å². The van der Waals surface area contributed by atoms with Gasteiger partial charge >= 0.3 is 5.97 Å². The number of carbonyl (C=O) groups is 1. The third kappa shape index (κ3) is 2.83. The smallest absolute Gasteiger partial charge is 0.339 e. The lowest BCUT2D eigenvalue weighted by Crippen LogP contribution is -2.05. The largest absolute Gasteiger partial charge is 0.465 e. The molecule has 1 unspecified atom stereocenters. The third-order valence-electron chi connectivity index (χ3n) is 3.87. The van der Waals surface area contributed by atoms with Crippen LogP contribution in [0.15, 0.2) is 30.7 Å². The quantitative estimate of drug-likeness (QED) is 0.877. The predicted octanol–water partition coefficient (Wildman–Crippen LogP) is 2.09. The molecule has 0 amide bonds. The highest BCUT2D eigenvalue weighted by Gasteiger charge is 2.19. The van der Waals surface area contributed by atoms with Crippen LogP contribution in [-0.2, 0) is 17.7 Å². The monoisotopic (exact) mass is 286 g/mol. The number of nitrogens with zero attached hydrogens (tertiary/aromatic N) is 2. The summed E-state index contributed by atoms with van der Waals surface area (Å²) in [6.45, 7) is 0.626. The van der Waals surface area contributed by atoms with E-state index in [-0.39, 0.29) is 12.1 Å². The zero-order valence-corrected chi connectivity index (χ0v) is 12.0. The number of methoxy groups -OCH3 is 1. The van der Waals surface area contributed by atoms with Crippen LogP contribution in [0.4, 0.5) is 0 Å².